The van der Waals surface area contributed by atoms with E-state index >= 15 is 0 Å². The van der Waals surface area contributed by atoms with Crippen LogP contribution in [0.3, 0.4) is 0 Å². The van der Waals surface area contributed by atoms with Crippen molar-refractivity contribution in [3.63, 3.8) is 0 Å². The predicted molar refractivity (Wildman–Crippen MR) is 133 cm³/mol. The van der Waals surface area contributed by atoms with E-state index in [1.807, 2.05) is 0 Å². The van der Waals surface area contributed by atoms with Crippen LogP contribution in [-0.4, -0.2) is 39.4 Å². The summed E-state index contributed by atoms with van der Waals surface area (Å²) in [7, 11) is 1.64. The predicted octanol–water partition coefficient (Wildman–Crippen LogP) is 6.24. The Hall–Kier alpha value is -2.17. The SMILES string of the molecule is CCC=CCC=CCC=CCC=CCC=CCC=CCCC(=O)NCCOCCOC. The zero-order valence-electron chi connectivity index (χ0n) is 19.6. The summed E-state index contributed by atoms with van der Waals surface area (Å²) in [5.74, 6) is 0.0647. The molecule has 4 heteroatoms. The maximum Gasteiger partial charge on any atom is 0.220 e. The van der Waals surface area contributed by atoms with Crippen LogP contribution in [0, 0.1) is 0 Å². The monoisotopic (exact) mass is 429 g/mol. The molecule has 0 bridgehead atoms. The average molecular weight is 430 g/mol. The molecule has 0 aliphatic heterocycles. The molecule has 0 atom stereocenters. The van der Waals surface area contributed by atoms with Crippen LogP contribution in [0.15, 0.2) is 72.9 Å². The van der Waals surface area contributed by atoms with Crippen molar-refractivity contribution in [2.45, 2.75) is 58.3 Å². The van der Waals surface area contributed by atoms with Crippen LogP contribution >= 0.6 is 0 Å². The van der Waals surface area contributed by atoms with Gasteiger partial charge in [0.2, 0.25) is 5.91 Å². The molecule has 0 aliphatic carbocycles. The summed E-state index contributed by atoms with van der Waals surface area (Å²) in [6, 6.07) is 0. The Labute approximate surface area is 190 Å². The highest BCUT2D eigenvalue weighted by atomic mass is 16.5. The van der Waals surface area contributed by atoms with E-state index in [9.17, 15) is 4.79 Å². The van der Waals surface area contributed by atoms with Gasteiger partial charge in [0.15, 0.2) is 0 Å². The smallest absolute Gasteiger partial charge is 0.220 e. The van der Waals surface area contributed by atoms with E-state index in [0.29, 0.717) is 32.8 Å². The highest BCUT2D eigenvalue weighted by Crippen LogP contribution is 1.97. The number of amides is 1. The van der Waals surface area contributed by atoms with Gasteiger partial charge in [-0.3, -0.25) is 4.79 Å². The summed E-state index contributed by atoms with van der Waals surface area (Å²) in [4.78, 5) is 11.7. The van der Waals surface area contributed by atoms with Crippen LogP contribution in [-0.2, 0) is 14.3 Å². The van der Waals surface area contributed by atoms with E-state index in [2.05, 4.69) is 85.2 Å². The van der Waals surface area contributed by atoms with Gasteiger partial charge in [0, 0.05) is 20.1 Å². The number of carbonyl (C=O) groups is 1. The summed E-state index contributed by atoms with van der Waals surface area (Å²) >= 11 is 0. The molecule has 31 heavy (non-hydrogen) atoms. The van der Waals surface area contributed by atoms with Crippen molar-refractivity contribution in [3.8, 4) is 0 Å². The van der Waals surface area contributed by atoms with Crippen LogP contribution in [0.2, 0.25) is 0 Å². The largest absolute Gasteiger partial charge is 0.382 e. The second-order valence-electron chi connectivity index (χ2n) is 6.91. The van der Waals surface area contributed by atoms with Crippen molar-refractivity contribution in [2.24, 2.45) is 0 Å². The Morgan fingerprint density at radius 3 is 1.65 bits per heavy atom. The molecule has 0 spiro atoms. The second-order valence-corrected chi connectivity index (χ2v) is 6.91. The number of carbonyl (C=O) groups excluding carboxylic acids is 1. The van der Waals surface area contributed by atoms with E-state index in [-0.39, 0.29) is 5.91 Å². The first-order valence-electron chi connectivity index (χ1n) is 11.5. The molecule has 0 aromatic heterocycles. The lowest BCUT2D eigenvalue weighted by molar-refractivity contribution is -0.121. The van der Waals surface area contributed by atoms with Crippen molar-refractivity contribution >= 4 is 5.91 Å². The molecule has 0 rings (SSSR count). The maximum atomic E-state index is 11.7. The van der Waals surface area contributed by atoms with Gasteiger partial charge in [-0.05, 0) is 44.9 Å². The third-order valence-electron chi connectivity index (χ3n) is 4.13. The number of nitrogens with one attached hydrogen (secondary N) is 1. The lowest BCUT2D eigenvalue weighted by Crippen LogP contribution is -2.27. The number of methoxy groups -OCH3 is 1. The Bertz CT molecular complexity index is 571. The minimum Gasteiger partial charge on any atom is -0.382 e. The molecule has 0 aliphatic rings. The van der Waals surface area contributed by atoms with Gasteiger partial charge in [-0.2, -0.15) is 0 Å². The molecule has 4 nitrogen and oxygen atoms in total. The standard InChI is InChI=1S/C27H43NO3/c1-3-4-5-6-7-8-9-10-11-12-13-14-15-16-17-18-19-20-21-22-27(29)28-23-24-31-26-25-30-2/h4-5,7-8,10-11,13-14,16-17,19-20H,3,6,9,12,15,18,21-26H2,1-2H3,(H,28,29). The molecular weight excluding hydrogens is 386 g/mol. The molecule has 0 saturated carbocycles. The lowest BCUT2D eigenvalue weighted by atomic mass is 10.2. The van der Waals surface area contributed by atoms with E-state index in [1.54, 1.807) is 7.11 Å². The Balaban J connectivity index is 3.52. The van der Waals surface area contributed by atoms with Crippen LogP contribution < -0.4 is 5.32 Å². The third-order valence-corrected chi connectivity index (χ3v) is 4.13. The number of hydrogen-bond donors (Lipinski definition) is 1. The molecule has 0 fully saturated rings. The van der Waals surface area contributed by atoms with Gasteiger partial charge in [-0.1, -0.05) is 79.8 Å². The zero-order chi connectivity index (χ0) is 22.7. The first-order chi connectivity index (χ1) is 15.3. The van der Waals surface area contributed by atoms with Crippen molar-refractivity contribution in [1.82, 2.24) is 5.32 Å². The fraction of sp³-hybridized carbons (Fsp3) is 0.519. The highest BCUT2D eigenvalue weighted by Gasteiger charge is 1.98. The second kappa shape index (κ2) is 25.9. The van der Waals surface area contributed by atoms with Gasteiger partial charge in [0.25, 0.3) is 0 Å². The van der Waals surface area contributed by atoms with E-state index in [1.165, 1.54) is 0 Å². The summed E-state index contributed by atoms with van der Waals surface area (Å²) in [5, 5.41) is 2.85. The molecule has 0 saturated heterocycles. The van der Waals surface area contributed by atoms with Crippen molar-refractivity contribution in [1.29, 1.82) is 0 Å². The van der Waals surface area contributed by atoms with Crippen LogP contribution in [0.25, 0.3) is 0 Å². The molecule has 1 N–H and O–H groups in total. The van der Waals surface area contributed by atoms with Crippen molar-refractivity contribution in [3.05, 3.63) is 72.9 Å². The Kier molecular flexibility index (Phi) is 24.1. The topological polar surface area (TPSA) is 47.6 Å². The molecule has 0 aromatic carbocycles. The van der Waals surface area contributed by atoms with E-state index < -0.39 is 0 Å². The van der Waals surface area contributed by atoms with E-state index in [0.717, 1.165) is 44.9 Å². The number of hydrogen-bond acceptors (Lipinski definition) is 3. The average Bonchev–Trinajstić information content (AvgIpc) is 2.77. The maximum absolute atomic E-state index is 11.7. The first kappa shape index (κ1) is 28.8. The van der Waals surface area contributed by atoms with Gasteiger partial charge in [0.05, 0.1) is 19.8 Å². The highest BCUT2D eigenvalue weighted by molar-refractivity contribution is 5.75. The molecule has 0 heterocycles. The van der Waals surface area contributed by atoms with Gasteiger partial charge in [-0.15, -0.1) is 0 Å². The first-order valence-corrected chi connectivity index (χ1v) is 11.5. The van der Waals surface area contributed by atoms with E-state index in [4.69, 9.17) is 9.47 Å². The zero-order valence-corrected chi connectivity index (χ0v) is 19.6. The molecule has 174 valence electrons. The molecule has 0 unspecified atom stereocenters. The lowest BCUT2D eigenvalue weighted by Gasteiger charge is -2.05. The summed E-state index contributed by atoms with van der Waals surface area (Å²) < 4.78 is 10.2. The van der Waals surface area contributed by atoms with Gasteiger partial charge < -0.3 is 14.8 Å². The van der Waals surface area contributed by atoms with Gasteiger partial charge in [-0.25, -0.2) is 0 Å². The number of ether oxygens (including phenoxy) is 2. The van der Waals surface area contributed by atoms with Crippen molar-refractivity contribution in [2.75, 3.05) is 33.5 Å². The van der Waals surface area contributed by atoms with Gasteiger partial charge >= 0.3 is 0 Å². The third kappa shape index (κ3) is 25.8. The Morgan fingerprint density at radius 1 is 0.677 bits per heavy atom. The van der Waals surface area contributed by atoms with Gasteiger partial charge in [0.1, 0.15) is 0 Å². The summed E-state index contributed by atoms with van der Waals surface area (Å²) in [6.45, 7) is 4.36. The number of rotatable bonds is 20. The number of allylic oxidation sites excluding steroid dienone is 12. The summed E-state index contributed by atoms with van der Waals surface area (Å²) in [6.07, 6.45) is 33.4. The Morgan fingerprint density at radius 2 is 1.16 bits per heavy atom. The fourth-order valence-electron chi connectivity index (χ4n) is 2.45. The van der Waals surface area contributed by atoms with Crippen LogP contribution in [0.4, 0.5) is 0 Å². The van der Waals surface area contributed by atoms with Crippen LogP contribution in [0.5, 0.6) is 0 Å². The van der Waals surface area contributed by atoms with Crippen molar-refractivity contribution < 1.29 is 14.3 Å². The summed E-state index contributed by atoms with van der Waals surface area (Å²) in [5.41, 5.74) is 0. The minimum absolute atomic E-state index is 0.0647. The normalized spacial score (nSPS) is 12.7. The molecule has 0 radical (unpaired) electrons. The molecule has 1 amide bonds. The molecular formula is C27H43NO3. The molecule has 0 aromatic rings. The quantitative estimate of drug-likeness (QED) is 0.184. The minimum atomic E-state index is 0.0647. The fourth-order valence-corrected chi connectivity index (χ4v) is 2.45. The van der Waals surface area contributed by atoms with Crippen LogP contribution in [0.1, 0.15) is 58.3 Å².